The van der Waals surface area contributed by atoms with Crippen LogP contribution in [0.15, 0.2) is 36.7 Å². The molecule has 3 rings (SSSR count). The quantitative estimate of drug-likeness (QED) is 0.440. The van der Waals surface area contributed by atoms with E-state index in [4.69, 9.17) is 9.47 Å². The Morgan fingerprint density at radius 3 is 2.64 bits per heavy atom. The van der Waals surface area contributed by atoms with Crippen molar-refractivity contribution in [1.29, 1.82) is 0 Å². The monoisotopic (exact) mass is 402 g/mol. The maximum Gasteiger partial charge on any atom is 0.142 e. The van der Waals surface area contributed by atoms with E-state index in [1.807, 2.05) is 16.8 Å². The van der Waals surface area contributed by atoms with Crippen LogP contribution in [0.1, 0.15) is 5.56 Å². The molecule has 0 fully saturated rings. The topological polar surface area (TPSA) is 56.5 Å². The third-order valence-electron chi connectivity index (χ3n) is 4.68. The van der Waals surface area contributed by atoms with Gasteiger partial charge < -0.3 is 19.1 Å². The third kappa shape index (κ3) is 4.43. The lowest BCUT2D eigenvalue weighted by Gasteiger charge is -2.15. The summed E-state index contributed by atoms with van der Waals surface area (Å²) >= 11 is 0. The molecule has 0 aliphatic heterocycles. The Kier molecular flexibility index (Phi) is 6.17. The Morgan fingerprint density at radius 1 is 1.18 bits per heavy atom. The number of hydrogen-bond acceptors (Lipinski definition) is 4. The first kappa shape index (κ1) is 20.5. The predicted octanol–water partition coefficient (Wildman–Crippen LogP) is 4.66. The first-order chi connectivity index (χ1) is 13.3. The normalized spacial score (nSPS) is 11.9. The number of fused-ring (bicyclic) bond motifs is 1. The van der Waals surface area contributed by atoms with Crippen LogP contribution in [0, 0.1) is 5.82 Å². The van der Waals surface area contributed by atoms with Gasteiger partial charge in [0.05, 0.1) is 13.7 Å². The van der Waals surface area contributed by atoms with Crippen LogP contribution in [0.2, 0.25) is 25.7 Å². The van der Waals surface area contributed by atoms with Gasteiger partial charge in [0.2, 0.25) is 0 Å². The predicted molar refractivity (Wildman–Crippen MR) is 112 cm³/mol. The van der Waals surface area contributed by atoms with Crippen molar-refractivity contribution in [2.75, 3.05) is 13.7 Å². The molecule has 2 aromatic heterocycles. The minimum Gasteiger partial charge on any atom is -0.496 e. The average Bonchev–Trinajstić information content (AvgIpc) is 3.02. The molecule has 0 spiro atoms. The maximum atomic E-state index is 13.9. The number of ether oxygens (including phenoxy) is 2. The molecule has 0 aliphatic rings. The van der Waals surface area contributed by atoms with E-state index in [0.29, 0.717) is 30.3 Å². The van der Waals surface area contributed by atoms with E-state index in [1.54, 1.807) is 19.4 Å². The Hall–Kier alpha value is -2.22. The smallest absolute Gasteiger partial charge is 0.142 e. The molecular formula is C21H27FN2O3Si. The molecule has 1 N–H and O–H groups in total. The number of aliphatic hydroxyl groups is 1. The van der Waals surface area contributed by atoms with Crippen molar-refractivity contribution < 1.29 is 19.0 Å². The van der Waals surface area contributed by atoms with Gasteiger partial charge in [0, 0.05) is 43.6 Å². The van der Waals surface area contributed by atoms with Crippen LogP contribution >= 0.6 is 0 Å². The molecular weight excluding hydrogens is 375 g/mol. The molecule has 0 bridgehead atoms. The summed E-state index contributed by atoms with van der Waals surface area (Å²) in [7, 11) is 0.396. The van der Waals surface area contributed by atoms with Crippen LogP contribution < -0.4 is 4.74 Å². The number of pyridine rings is 1. The molecule has 0 amide bonds. The molecule has 1 aromatic carbocycles. The summed E-state index contributed by atoms with van der Waals surface area (Å²) in [5, 5.41) is 10.7. The Morgan fingerprint density at radius 2 is 1.96 bits per heavy atom. The zero-order valence-corrected chi connectivity index (χ0v) is 17.8. The van der Waals surface area contributed by atoms with Gasteiger partial charge in [0.15, 0.2) is 0 Å². The number of halogens is 1. The number of aliphatic hydroxyl groups excluding tert-OH is 1. The lowest BCUT2D eigenvalue weighted by molar-refractivity contribution is 0.0896. The van der Waals surface area contributed by atoms with E-state index >= 15 is 0 Å². The summed E-state index contributed by atoms with van der Waals surface area (Å²) in [5.74, 6) is 0.220. The molecule has 0 unspecified atom stereocenters. The largest absolute Gasteiger partial charge is 0.496 e. The third-order valence-corrected chi connectivity index (χ3v) is 6.39. The van der Waals surface area contributed by atoms with Gasteiger partial charge in [-0.2, -0.15) is 0 Å². The fraction of sp³-hybridized carbons (Fsp3) is 0.381. The van der Waals surface area contributed by atoms with E-state index in [9.17, 15) is 9.50 Å². The van der Waals surface area contributed by atoms with E-state index in [0.717, 1.165) is 22.6 Å². The number of rotatable bonds is 8. The van der Waals surface area contributed by atoms with E-state index in [1.165, 1.54) is 12.1 Å². The highest BCUT2D eigenvalue weighted by Crippen LogP contribution is 2.37. The molecule has 150 valence electrons. The summed E-state index contributed by atoms with van der Waals surface area (Å²) in [5.41, 5.74) is 2.81. The van der Waals surface area contributed by atoms with Gasteiger partial charge in [0.25, 0.3) is 0 Å². The molecule has 2 heterocycles. The molecule has 5 nitrogen and oxygen atoms in total. The fourth-order valence-electron chi connectivity index (χ4n) is 3.17. The lowest BCUT2D eigenvalue weighted by atomic mass is 10.0. The van der Waals surface area contributed by atoms with Gasteiger partial charge in [-0.25, -0.2) is 9.37 Å². The zero-order chi connectivity index (χ0) is 20.3. The van der Waals surface area contributed by atoms with Crippen LogP contribution in [0.4, 0.5) is 4.39 Å². The number of nitrogens with zero attached hydrogens (tertiary/aromatic N) is 2. The molecule has 28 heavy (non-hydrogen) atoms. The molecule has 3 aromatic rings. The highest BCUT2D eigenvalue weighted by Gasteiger charge is 2.18. The van der Waals surface area contributed by atoms with Gasteiger partial charge in [-0.15, -0.1) is 0 Å². The first-order valence-electron chi connectivity index (χ1n) is 9.33. The zero-order valence-electron chi connectivity index (χ0n) is 16.8. The van der Waals surface area contributed by atoms with E-state index in [2.05, 4.69) is 24.6 Å². The summed E-state index contributed by atoms with van der Waals surface area (Å²) in [6, 6.07) is 7.31. The Labute approximate surface area is 165 Å². The van der Waals surface area contributed by atoms with Crippen molar-refractivity contribution in [3.63, 3.8) is 0 Å². The van der Waals surface area contributed by atoms with Gasteiger partial charge in [-0.3, -0.25) is 0 Å². The molecule has 0 saturated heterocycles. The minimum absolute atomic E-state index is 0.144. The Bertz CT molecular complexity index is 966. The summed E-state index contributed by atoms with van der Waals surface area (Å²) in [6.45, 7) is 7.84. The fourth-order valence-corrected chi connectivity index (χ4v) is 3.93. The first-order valence-corrected chi connectivity index (χ1v) is 13.0. The molecule has 0 atom stereocenters. The van der Waals surface area contributed by atoms with Crippen molar-refractivity contribution in [3.05, 3.63) is 48.0 Å². The van der Waals surface area contributed by atoms with Crippen molar-refractivity contribution in [2.24, 2.45) is 0 Å². The van der Waals surface area contributed by atoms with Crippen molar-refractivity contribution >= 4 is 19.1 Å². The molecule has 7 heteroatoms. The van der Waals surface area contributed by atoms with Crippen molar-refractivity contribution in [2.45, 2.75) is 39.0 Å². The second-order valence-electron chi connectivity index (χ2n) is 8.03. The highest BCUT2D eigenvalue weighted by atomic mass is 28.3. The van der Waals surface area contributed by atoms with Gasteiger partial charge in [0.1, 0.15) is 23.9 Å². The highest BCUT2D eigenvalue weighted by molar-refractivity contribution is 6.76. The number of hydrogen-bond donors (Lipinski definition) is 1. The lowest BCUT2D eigenvalue weighted by Crippen LogP contribution is -2.22. The number of benzene rings is 1. The van der Waals surface area contributed by atoms with Crippen LogP contribution in [-0.4, -0.2) is 36.4 Å². The van der Waals surface area contributed by atoms with Crippen molar-refractivity contribution in [3.8, 4) is 16.9 Å². The standard InChI is InChI=1S/C21H27FN2O3Si/c1-26-19-6-5-16(22)11-18(19)17-7-8-23-21-20(17)15(13-25)12-24(21)14-27-9-10-28(2,3)4/h5-8,11-12,25H,9-10,13-14H2,1-4H3. The molecule has 0 saturated carbocycles. The maximum absolute atomic E-state index is 13.9. The second kappa shape index (κ2) is 8.42. The number of methoxy groups -OCH3 is 1. The van der Waals surface area contributed by atoms with Gasteiger partial charge in [-0.05, 0) is 35.9 Å². The molecule has 0 radical (unpaired) electrons. The minimum atomic E-state index is -1.16. The van der Waals surface area contributed by atoms with Gasteiger partial charge in [-0.1, -0.05) is 19.6 Å². The summed E-state index contributed by atoms with van der Waals surface area (Å²) in [6.07, 6.45) is 3.53. The van der Waals surface area contributed by atoms with Crippen LogP contribution in [0.25, 0.3) is 22.2 Å². The van der Waals surface area contributed by atoms with Crippen LogP contribution in [0.3, 0.4) is 0 Å². The van der Waals surface area contributed by atoms with Crippen molar-refractivity contribution in [1.82, 2.24) is 9.55 Å². The van der Waals surface area contributed by atoms with Crippen LogP contribution in [-0.2, 0) is 18.1 Å². The van der Waals surface area contributed by atoms with E-state index < -0.39 is 8.07 Å². The average molecular weight is 403 g/mol. The SMILES string of the molecule is COc1ccc(F)cc1-c1ccnc2c1c(CO)cn2COCC[Si](C)(C)C. The summed E-state index contributed by atoms with van der Waals surface area (Å²) < 4.78 is 27.1. The van der Waals surface area contributed by atoms with Crippen LogP contribution in [0.5, 0.6) is 5.75 Å². The van der Waals surface area contributed by atoms with Gasteiger partial charge >= 0.3 is 0 Å². The molecule has 0 aliphatic carbocycles. The summed E-state index contributed by atoms with van der Waals surface area (Å²) in [4.78, 5) is 4.49. The second-order valence-corrected chi connectivity index (χ2v) is 13.7. The number of aromatic nitrogens is 2. The Balaban J connectivity index is 2.01. The van der Waals surface area contributed by atoms with E-state index in [-0.39, 0.29) is 12.4 Å².